The molecule has 0 spiro atoms. The van der Waals surface area contributed by atoms with Crippen LogP contribution >= 0.6 is 24.2 Å². The normalized spacial score (nSPS) is 9.60. The highest BCUT2D eigenvalue weighted by Gasteiger charge is 1.95. The first-order valence-corrected chi connectivity index (χ1v) is 5.69. The van der Waals surface area contributed by atoms with E-state index in [0.29, 0.717) is 0 Å². The van der Waals surface area contributed by atoms with Gasteiger partial charge in [-0.3, -0.25) is 0 Å². The van der Waals surface area contributed by atoms with Crippen LogP contribution in [0.1, 0.15) is 11.3 Å². The second-order valence-corrected chi connectivity index (χ2v) is 4.04. The molecule has 0 saturated heterocycles. The first kappa shape index (κ1) is 12.1. The van der Waals surface area contributed by atoms with Crippen LogP contribution < -0.4 is 0 Å². The van der Waals surface area contributed by atoms with Gasteiger partial charge in [0.1, 0.15) is 0 Å². The van der Waals surface area contributed by atoms with Crippen LogP contribution in [0.5, 0.6) is 0 Å². The van der Waals surface area contributed by atoms with Crippen LogP contribution in [0.2, 0.25) is 0 Å². The number of benzene rings is 1. The Bertz CT molecular complexity index is 361. The summed E-state index contributed by atoms with van der Waals surface area (Å²) in [7, 11) is 0. The molecule has 2 rings (SSSR count). The van der Waals surface area contributed by atoms with Crippen molar-refractivity contribution >= 4 is 24.2 Å². The Hall–Kier alpha value is -0.930. The zero-order valence-corrected chi connectivity index (χ0v) is 9.85. The van der Waals surface area contributed by atoms with Crippen molar-refractivity contribution in [2.24, 2.45) is 0 Å². The minimum Gasteiger partial charge on any atom is -0.348 e. The number of halogens is 1. The molecule has 1 aromatic heterocycles. The van der Waals surface area contributed by atoms with E-state index < -0.39 is 0 Å². The summed E-state index contributed by atoms with van der Waals surface area (Å²) >= 11 is 1.89. The Morgan fingerprint density at radius 2 is 1.93 bits per heavy atom. The van der Waals surface area contributed by atoms with Gasteiger partial charge in [0.15, 0.2) is 0 Å². The Morgan fingerprint density at radius 1 is 1.13 bits per heavy atom. The summed E-state index contributed by atoms with van der Waals surface area (Å²) in [6.07, 6.45) is 3.59. The van der Waals surface area contributed by atoms with Crippen molar-refractivity contribution in [1.29, 1.82) is 0 Å². The molecule has 1 N–H and O–H groups in total. The monoisotopic (exact) mass is 240 g/mol. The van der Waals surface area contributed by atoms with Crippen LogP contribution in [-0.2, 0) is 11.5 Å². The average molecular weight is 241 g/mol. The number of nitrogens with zero attached hydrogens (tertiary/aromatic N) is 1. The van der Waals surface area contributed by atoms with Crippen molar-refractivity contribution in [3.8, 4) is 0 Å². The van der Waals surface area contributed by atoms with Gasteiger partial charge in [-0.1, -0.05) is 30.3 Å². The minimum absolute atomic E-state index is 0. The van der Waals surface area contributed by atoms with Gasteiger partial charge in [0, 0.05) is 23.4 Å². The maximum absolute atomic E-state index is 3.98. The Balaban J connectivity index is 0.00000112. The third-order valence-electron chi connectivity index (χ3n) is 1.92. The Labute approximate surface area is 99.9 Å². The number of hydrogen-bond acceptors (Lipinski definition) is 2. The largest absolute Gasteiger partial charge is 0.348 e. The van der Waals surface area contributed by atoms with E-state index in [4.69, 9.17) is 0 Å². The van der Waals surface area contributed by atoms with Crippen LogP contribution in [0.4, 0.5) is 0 Å². The van der Waals surface area contributed by atoms with Crippen LogP contribution in [0.25, 0.3) is 0 Å². The molecule has 0 amide bonds. The zero-order chi connectivity index (χ0) is 9.64. The Kier molecular flexibility index (Phi) is 5.29. The maximum Gasteiger partial charge on any atom is 0.0921 e. The fourth-order valence-electron chi connectivity index (χ4n) is 1.22. The van der Waals surface area contributed by atoms with E-state index in [1.165, 1.54) is 11.3 Å². The van der Waals surface area contributed by atoms with Gasteiger partial charge < -0.3 is 4.98 Å². The predicted molar refractivity (Wildman–Crippen MR) is 67.3 cm³/mol. The molecule has 4 heteroatoms. The summed E-state index contributed by atoms with van der Waals surface area (Å²) in [6, 6.07) is 10.5. The second-order valence-electron chi connectivity index (χ2n) is 3.06. The van der Waals surface area contributed by atoms with Crippen molar-refractivity contribution < 1.29 is 0 Å². The lowest BCUT2D eigenvalue weighted by molar-refractivity contribution is 1.22. The van der Waals surface area contributed by atoms with E-state index in [9.17, 15) is 0 Å². The molecule has 15 heavy (non-hydrogen) atoms. The third-order valence-corrected chi connectivity index (χ3v) is 2.98. The number of aromatic nitrogens is 2. The van der Waals surface area contributed by atoms with Crippen molar-refractivity contribution in [2.45, 2.75) is 11.5 Å². The quantitative estimate of drug-likeness (QED) is 0.889. The predicted octanol–water partition coefficient (Wildman–Crippen LogP) is 3.26. The van der Waals surface area contributed by atoms with Gasteiger partial charge in [0.2, 0.25) is 0 Å². The second kappa shape index (κ2) is 6.53. The molecular formula is C11H13ClN2S. The van der Waals surface area contributed by atoms with Crippen molar-refractivity contribution in [2.75, 3.05) is 0 Å². The van der Waals surface area contributed by atoms with Gasteiger partial charge in [0.25, 0.3) is 0 Å². The summed E-state index contributed by atoms with van der Waals surface area (Å²) in [5, 5.41) is 0. The molecule has 1 aromatic carbocycles. The van der Waals surface area contributed by atoms with Crippen molar-refractivity contribution in [1.82, 2.24) is 9.97 Å². The van der Waals surface area contributed by atoms with Crippen molar-refractivity contribution in [3.63, 3.8) is 0 Å². The molecule has 0 aliphatic heterocycles. The molecule has 0 radical (unpaired) electrons. The number of thioether (sulfide) groups is 1. The van der Waals surface area contributed by atoms with Crippen molar-refractivity contribution in [3.05, 3.63) is 54.1 Å². The maximum atomic E-state index is 3.98. The summed E-state index contributed by atoms with van der Waals surface area (Å²) in [6.45, 7) is 0. The number of aromatic amines is 1. The van der Waals surface area contributed by atoms with E-state index >= 15 is 0 Å². The fourth-order valence-corrected chi connectivity index (χ4v) is 2.12. The van der Waals surface area contributed by atoms with Gasteiger partial charge in [-0.25, -0.2) is 4.98 Å². The molecule has 0 atom stereocenters. The summed E-state index contributed by atoms with van der Waals surface area (Å²) in [5.74, 6) is 2.05. The molecule has 0 saturated carbocycles. The van der Waals surface area contributed by atoms with Gasteiger partial charge in [-0.05, 0) is 5.56 Å². The lowest BCUT2D eigenvalue weighted by Gasteiger charge is -1.99. The minimum atomic E-state index is 0. The molecule has 80 valence electrons. The van der Waals surface area contributed by atoms with Gasteiger partial charge in [-0.15, -0.1) is 12.4 Å². The molecule has 2 aromatic rings. The average Bonchev–Trinajstić information content (AvgIpc) is 2.72. The summed E-state index contributed by atoms with van der Waals surface area (Å²) in [4.78, 5) is 7.07. The molecule has 0 aliphatic carbocycles. The first-order valence-electron chi connectivity index (χ1n) is 4.54. The molecule has 0 bridgehead atoms. The highest BCUT2D eigenvalue weighted by atomic mass is 35.5. The molecule has 0 aliphatic rings. The van der Waals surface area contributed by atoms with E-state index in [1.807, 2.05) is 24.0 Å². The highest BCUT2D eigenvalue weighted by molar-refractivity contribution is 7.97. The molecule has 0 unspecified atom stereocenters. The van der Waals surface area contributed by atoms with Crippen LogP contribution in [0.15, 0.2) is 42.9 Å². The number of nitrogens with one attached hydrogen (secondary N) is 1. The zero-order valence-electron chi connectivity index (χ0n) is 8.22. The lowest BCUT2D eigenvalue weighted by atomic mass is 10.2. The smallest absolute Gasteiger partial charge is 0.0921 e. The third kappa shape index (κ3) is 3.98. The Morgan fingerprint density at radius 3 is 2.60 bits per heavy atom. The van der Waals surface area contributed by atoms with Crippen LogP contribution in [-0.4, -0.2) is 9.97 Å². The topological polar surface area (TPSA) is 28.7 Å². The van der Waals surface area contributed by atoms with E-state index in [-0.39, 0.29) is 12.4 Å². The molecule has 2 nitrogen and oxygen atoms in total. The van der Waals surface area contributed by atoms with Gasteiger partial charge >= 0.3 is 0 Å². The number of imidazole rings is 1. The van der Waals surface area contributed by atoms with Gasteiger partial charge in [0.05, 0.1) is 6.33 Å². The molecule has 0 fully saturated rings. The van der Waals surface area contributed by atoms with E-state index in [2.05, 4.69) is 34.2 Å². The van der Waals surface area contributed by atoms with E-state index in [1.54, 1.807) is 6.33 Å². The fraction of sp³-hybridized carbons (Fsp3) is 0.182. The number of H-pyrrole nitrogens is 1. The summed E-state index contributed by atoms with van der Waals surface area (Å²) in [5.41, 5.74) is 2.56. The van der Waals surface area contributed by atoms with Crippen LogP contribution in [0.3, 0.4) is 0 Å². The van der Waals surface area contributed by atoms with E-state index in [0.717, 1.165) is 11.5 Å². The summed E-state index contributed by atoms with van der Waals surface area (Å²) < 4.78 is 0. The standard InChI is InChI=1S/C11H12N2S.ClH/c1-2-4-10(5-3-1)7-14-8-11-6-12-9-13-11;/h1-6,9H,7-8H2,(H,12,13);1H. The molecule has 1 heterocycles. The highest BCUT2D eigenvalue weighted by Crippen LogP contribution is 2.15. The van der Waals surface area contributed by atoms with Crippen LogP contribution in [0, 0.1) is 0 Å². The lowest BCUT2D eigenvalue weighted by Crippen LogP contribution is -1.82. The first-order chi connectivity index (χ1) is 6.95. The van der Waals surface area contributed by atoms with Gasteiger partial charge in [-0.2, -0.15) is 11.8 Å². The number of rotatable bonds is 4. The number of hydrogen-bond donors (Lipinski definition) is 1. The SMILES string of the molecule is Cl.c1ccc(CSCc2cnc[nH]2)cc1. The molecular weight excluding hydrogens is 228 g/mol.